The van der Waals surface area contributed by atoms with Crippen LogP contribution in [-0.2, 0) is 11.3 Å². The molecule has 2 aliphatic rings. The lowest BCUT2D eigenvalue weighted by Crippen LogP contribution is -2.66. The molecule has 4 nitrogen and oxygen atoms in total. The van der Waals surface area contributed by atoms with Crippen LogP contribution in [0.15, 0.2) is 24.4 Å². The SMILES string of the molecule is Cc1ccc2[nH]cc(CNCC3(N4CCC(F)C4)COC3)c2c1. The van der Waals surface area contributed by atoms with E-state index in [4.69, 9.17) is 4.74 Å². The number of aryl methyl sites for hydroxylation is 1. The Morgan fingerprint density at radius 1 is 1.43 bits per heavy atom. The zero-order valence-electron chi connectivity index (χ0n) is 13.6. The molecule has 0 spiro atoms. The molecule has 0 radical (unpaired) electrons. The molecule has 1 unspecified atom stereocenters. The molecule has 5 heteroatoms. The van der Waals surface area contributed by atoms with Crippen molar-refractivity contribution in [1.29, 1.82) is 0 Å². The predicted molar refractivity (Wildman–Crippen MR) is 89.4 cm³/mol. The summed E-state index contributed by atoms with van der Waals surface area (Å²) in [4.78, 5) is 5.60. The van der Waals surface area contributed by atoms with Crippen molar-refractivity contribution in [3.05, 3.63) is 35.5 Å². The molecule has 124 valence electrons. The number of alkyl halides is 1. The second-order valence-corrected chi connectivity index (χ2v) is 7.02. The normalized spacial score (nSPS) is 24.2. The number of hydrogen-bond donors (Lipinski definition) is 2. The molecule has 1 aromatic carbocycles. The lowest BCUT2D eigenvalue weighted by molar-refractivity contribution is -0.133. The summed E-state index contributed by atoms with van der Waals surface area (Å²) in [5.74, 6) is 0. The zero-order chi connectivity index (χ0) is 15.9. The van der Waals surface area contributed by atoms with Crippen LogP contribution in [0.4, 0.5) is 4.39 Å². The van der Waals surface area contributed by atoms with Gasteiger partial charge in [0.15, 0.2) is 0 Å². The Bertz CT molecular complexity index is 695. The minimum Gasteiger partial charge on any atom is -0.377 e. The van der Waals surface area contributed by atoms with Gasteiger partial charge in [0.05, 0.1) is 18.8 Å². The van der Waals surface area contributed by atoms with Crippen LogP contribution in [0.1, 0.15) is 17.5 Å². The first-order valence-electron chi connectivity index (χ1n) is 8.40. The second-order valence-electron chi connectivity index (χ2n) is 7.02. The van der Waals surface area contributed by atoms with E-state index in [1.165, 1.54) is 22.0 Å². The van der Waals surface area contributed by atoms with Gasteiger partial charge in [0, 0.05) is 43.3 Å². The van der Waals surface area contributed by atoms with Gasteiger partial charge in [-0.15, -0.1) is 0 Å². The molecule has 1 aromatic heterocycles. The van der Waals surface area contributed by atoms with Crippen molar-refractivity contribution in [2.75, 3.05) is 32.8 Å². The molecule has 0 saturated carbocycles. The Balaban J connectivity index is 1.41. The van der Waals surface area contributed by atoms with E-state index in [1.54, 1.807) is 0 Å². The minimum atomic E-state index is -0.677. The summed E-state index contributed by atoms with van der Waals surface area (Å²) in [6.07, 6.45) is 2.06. The molecule has 0 amide bonds. The number of likely N-dealkylation sites (tertiary alicyclic amines) is 1. The number of rotatable bonds is 5. The number of nitrogens with zero attached hydrogens (tertiary/aromatic N) is 1. The van der Waals surface area contributed by atoms with E-state index in [2.05, 4.69) is 46.5 Å². The maximum atomic E-state index is 13.5. The number of nitrogens with one attached hydrogen (secondary N) is 2. The van der Waals surface area contributed by atoms with Crippen molar-refractivity contribution in [1.82, 2.24) is 15.2 Å². The molecule has 23 heavy (non-hydrogen) atoms. The van der Waals surface area contributed by atoms with Gasteiger partial charge < -0.3 is 15.0 Å². The lowest BCUT2D eigenvalue weighted by Gasteiger charge is -2.48. The number of benzene rings is 1. The van der Waals surface area contributed by atoms with Crippen molar-refractivity contribution in [2.24, 2.45) is 0 Å². The van der Waals surface area contributed by atoms with Crippen molar-refractivity contribution >= 4 is 10.9 Å². The number of aromatic amines is 1. The summed E-state index contributed by atoms with van der Waals surface area (Å²) >= 11 is 0. The monoisotopic (exact) mass is 317 g/mol. The highest BCUT2D eigenvalue weighted by Gasteiger charge is 2.46. The smallest absolute Gasteiger partial charge is 0.114 e. The van der Waals surface area contributed by atoms with E-state index in [1.807, 2.05) is 0 Å². The highest BCUT2D eigenvalue weighted by Crippen LogP contribution is 2.29. The van der Waals surface area contributed by atoms with Crippen LogP contribution in [0.5, 0.6) is 0 Å². The summed E-state index contributed by atoms with van der Waals surface area (Å²) in [5, 5.41) is 4.85. The molecule has 2 aromatic rings. The molecule has 1 atom stereocenters. The first-order chi connectivity index (χ1) is 11.2. The molecule has 2 saturated heterocycles. The Kier molecular flexibility index (Phi) is 3.87. The van der Waals surface area contributed by atoms with E-state index in [0.717, 1.165) is 19.6 Å². The molecule has 2 aliphatic heterocycles. The van der Waals surface area contributed by atoms with Gasteiger partial charge in [-0.25, -0.2) is 4.39 Å². The average Bonchev–Trinajstić information content (AvgIpc) is 3.09. The minimum absolute atomic E-state index is 0.0110. The van der Waals surface area contributed by atoms with E-state index >= 15 is 0 Å². The van der Waals surface area contributed by atoms with Crippen molar-refractivity contribution in [3.63, 3.8) is 0 Å². The number of aromatic nitrogens is 1. The van der Waals surface area contributed by atoms with E-state index in [9.17, 15) is 4.39 Å². The summed E-state index contributed by atoms with van der Waals surface area (Å²) in [7, 11) is 0. The van der Waals surface area contributed by atoms with Gasteiger partial charge in [0.1, 0.15) is 6.17 Å². The third kappa shape index (κ3) is 2.77. The predicted octanol–water partition coefficient (Wildman–Crippen LogP) is 2.38. The molecule has 0 aliphatic carbocycles. The third-order valence-corrected chi connectivity index (χ3v) is 5.24. The highest BCUT2D eigenvalue weighted by atomic mass is 19.1. The van der Waals surface area contributed by atoms with Gasteiger partial charge >= 0.3 is 0 Å². The maximum Gasteiger partial charge on any atom is 0.114 e. The van der Waals surface area contributed by atoms with Crippen molar-refractivity contribution < 1.29 is 9.13 Å². The molecule has 3 heterocycles. The summed E-state index contributed by atoms with van der Waals surface area (Å²) < 4.78 is 19.0. The summed E-state index contributed by atoms with van der Waals surface area (Å²) in [6.45, 7) is 6.59. The molecule has 0 bridgehead atoms. The maximum absolute atomic E-state index is 13.5. The summed E-state index contributed by atoms with van der Waals surface area (Å²) in [5.41, 5.74) is 3.72. The fourth-order valence-corrected chi connectivity index (χ4v) is 3.75. The number of H-pyrrole nitrogens is 1. The van der Waals surface area contributed by atoms with Crippen LogP contribution in [0.3, 0.4) is 0 Å². The van der Waals surface area contributed by atoms with Gasteiger partial charge in [0.2, 0.25) is 0 Å². The Morgan fingerprint density at radius 2 is 2.30 bits per heavy atom. The van der Waals surface area contributed by atoms with E-state index in [0.29, 0.717) is 26.2 Å². The van der Waals surface area contributed by atoms with Gasteiger partial charge in [-0.3, -0.25) is 4.90 Å². The van der Waals surface area contributed by atoms with Crippen LogP contribution < -0.4 is 5.32 Å². The Labute approximate surface area is 136 Å². The average molecular weight is 317 g/mol. The topological polar surface area (TPSA) is 40.3 Å². The van der Waals surface area contributed by atoms with E-state index in [-0.39, 0.29) is 5.54 Å². The third-order valence-electron chi connectivity index (χ3n) is 5.24. The summed E-state index contributed by atoms with van der Waals surface area (Å²) in [6, 6.07) is 6.47. The standard InChI is InChI=1S/C18H24FN3O/c1-13-2-3-17-16(6-13)14(8-21-17)7-20-10-18(11-23-12-18)22-5-4-15(19)9-22/h2-3,6,8,15,20-21H,4-5,7,9-12H2,1H3. The number of ether oxygens (including phenoxy) is 1. The van der Waals surface area contributed by atoms with Crippen molar-refractivity contribution in [3.8, 4) is 0 Å². The van der Waals surface area contributed by atoms with Crippen molar-refractivity contribution in [2.45, 2.75) is 31.6 Å². The number of fused-ring (bicyclic) bond motifs is 1. The first kappa shape index (κ1) is 15.1. The van der Waals surface area contributed by atoms with Crippen LogP contribution in [-0.4, -0.2) is 54.4 Å². The molecular weight excluding hydrogens is 293 g/mol. The quantitative estimate of drug-likeness (QED) is 0.889. The fraction of sp³-hybridized carbons (Fsp3) is 0.556. The van der Waals surface area contributed by atoms with Gasteiger partial charge in [-0.2, -0.15) is 0 Å². The number of hydrogen-bond acceptors (Lipinski definition) is 3. The zero-order valence-corrected chi connectivity index (χ0v) is 13.6. The molecule has 2 N–H and O–H groups in total. The first-order valence-corrected chi connectivity index (χ1v) is 8.40. The van der Waals surface area contributed by atoms with Crippen LogP contribution in [0.2, 0.25) is 0 Å². The largest absolute Gasteiger partial charge is 0.377 e. The number of halogens is 1. The van der Waals surface area contributed by atoms with Crippen LogP contribution in [0, 0.1) is 6.92 Å². The van der Waals surface area contributed by atoms with Crippen LogP contribution >= 0.6 is 0 Å². The van der Waals surface area contributed by atoms with E-state index < -0.39 is 6.17 Å². The fourth-order valence-electron chi connectivity index (χ4n) is 3.75. The van der Waals surface area contributed by atoms with Gasteiger partial charge in [-0.1, -0.05) is 11.6 Å². The van der Waals surface area contributed by atoms with Gasteiger partial charge in [0.25, 0.3) is 0 Å². The Morgan fingerprint density at radius 3 is 3.00 bits per heavy atom. The highest BCUT2D eigenvalue weighted by molar-refractivity contribution is 5.83. The Hall–Kier alpha value is -1.43. The molecule has 2 fully saturated rings. The lowest BCUT2D eigenvalue weighted by atomic mass is 9.95. The van der Waals surface area contributed by atoms with Gasteiger partial charge in [-0.05, 0) is 31.0 Å². The van der Waals surface area contributed by atoms with Crippen LogP contribution in [0.25, 0.3) is 10.9 Å². The molecule has 4 rings (SSSR count). The molecular formula is C18H24FN3O. The second kappa shape index (κ2) is 5.89.